The number of benzene rings is 1. The van der Waals surface area contributed by atoms with E-state index >= 15 is 0 Å². The van der Waals surface area contributed by atoms with Gasteiger partial charge in [-0.2, -0.15) is 0 Å². The molecule has 0 unspecified atom stereocenters. The van der Waals surface area contributed by atoms with Crippen LogP contribution in [0.2, 0.25) is 0 Å². The van der Waals surface area contributed by atoms with Crippen LogP contribution in [-0.4, -0.2) is 0 Å². The van der Waals surface area contributed by atoms with Crippen molar-refractivity contribution in [1.82, 2.24) is 0 Å². The molecule has 0 aliphatic rings. The Morgan fingerprint density at radius 2 is 1.90 bits per heavy atom. The average Bonchev–Trinajstić information content (AvgIpc) is 2.26. The summed E-state index contributed by atoms with van der Waals surface area (Å²) in [5.74, 6) is 0. The van der Waals surface area contributed by atoms with Gasteiger partial charge in [-0.05, 0) is 42.5 Å². The van der Waals surface area contributed by atoms with Gasteiger partial charge in [-0.3, -0.25) is 0 Å². The molecule has 1 heteroatoms. The summed E-state index contributed by atoms with van der Waals surface area (Å²) in [6.07, 6.45) is 3.01. The molecule has 1 aromatic rings. The lowest BCUT2D eigenvalue weighted by Crippen LogP contribution is -2.07. The minimum absolute atomic E-state index is 0.118. The summed E-state index contributed by atoms with van der Waals surface area (Å²) < 4.78 is 0. The fourth-order valence-corrected chi connectivity index (χ4v) is 1.87. The Hall–Kier alpha value is -1.76. The molecule has 0 bridgehead atoms. The van der Waals surface area contributed by atoms with E-state index in [9.17, 15) is 0 Å². The lowest BCUT2D eigenvalue weighted by atomic mass is 9.86. The first-order chi connectivity index (χ1) is 9.18. The van der Waals surface area contributed by atoms with Gasteiger partial charge >= 0.3 is 0 Å². The molecule has 20 heavy (non-hydrogen) atoms. The molecule has 1 aromatic carbocycles. The summed E-state index contributed by atoms with van der Waals surface area (Å²) in [6, 6.07) is 8.32. The molecule has 108 valence electrons. The average molecular weight is 269 g/mol. The predicted octanol–water partition coefficient (Wildman–Crippen LogP) is 5.86. The normalized spacial score (nSPS) is 12.2. The molecule has 0 heterocycles. The van der Waals surface area contributed by atoms with Crippen molar-refractivity contribution in [3.8, 4) is 0 Å². The molecule has 0 aliphatic heterocycles. The van der Waals surface area contributed by atoms with Crippen LogP contribution in [0.4, 0.5) is 5.69 Å². The third-order valence-electron chi connectivity index (χ3n) is 3.22. The van der Waals surface area contributed by atoms with Gasteiger partial charge < -0.3 is 5.32 Å². The first-order valence-electron chi connectivity index (χ1n) is 7.06. The van der Waals surface area contributed by atoms with Crippen LogP contribution >= 0.6 is 0 Å². The molecule has 0 spiro atoms. The van der Waals surface area contributed by atoms with E-state index in [-0.39, 0.29) is 5.41 Å². The number of aryl methyl sites for hydroxylation is 1. The van der Waals surface area contributed by atoms with Crippen LogP contribution in [0.15, 0.2) is 60.3 Å². The number of nitrogens with one attached hydrogen (secondary N) is 1. The molecular formula is C19H27N. The van der Waals surface area contributed by atoms with E-state index in [1.807, 2.05) is 0 Å². The maximum atomic E-state index is 4.14. The Morgan fingerprint density at radius 3 is 2.45 bits per heavy atom. The monoisotopic (exact) mass is 269 g/mol. The van der Waals surface area contributed by atoms with Gasteiger partial charge in [0.05, 0.1) is 0 Å². The van der Waals surface area contributed by atoms with Crippen molar-refractivity contribution in [3.05, 3.63) is 65.9 Å². The lowest BCUT2D eigenvalue weighted by Gasteiger charge is -2.20. The van der Waals surface area contributed by atoms with Crippen molar-refractivity contribution in [2.24, 2.45) is 5.41 Å². The minimum atomic E-state index is 0.118. The van der Waals surface area contributed by atoms with Gasteiger partial charge in [-0.15, -0.1) is 0 Å². The van der Waals surface area contributed by atoms with Crippen LogP contribution in [0.25, 0.3) is 0 Å². The summed E-state index contributed by atoms with van der Waals surface area (Å²) in [5, 5.41) is 3.36. The number of hydrogen-bond donors (Lipinski definition) is 1. The first kappa shape index (κ1) is 16.3. The molecule has 1 N–H and O–H groups in total. The quantitative estimate of drug-likeness (QED) is 0.660. The lowest BCUT2D eigenvalue weighted by molar-refractivity contribution is 0.518. The van der Waals surface area contributed by atoms with Gasteiger partial charge in [0.1, 0.15) is 0 Å². The van der Waals surface area contributed by atoms with Crippen molar-refractivity contribution in [3.63, 3.8) is 0 Å². The number of rotatable bonds is 5. The SMILES string of the molecule is C=C(C/C(C)=C/C(=C)C(C)(C)C)Nc1cccc(C)c1. The molecule has 0 atom stereocenters. The Kier molecular flexibility index (Phi) is 5.38. The Bertz CT molecular complexity index is 527. The molecular weight excluding hydrogens is 242 g/mol. The number of anilines is 1. The van der Waals surface area contributed by atoms with E-state index in [0.29, 0.717) is 0 Å². The fraction of sp³-hybridized carbons (Fsp3) is 0.368. The third-order valence-corrected chi connectivity index (χ3v) is 3.22. The molecule has 1 nitrogen and oxygen atoms in total. The van der Waals surface area contributed by atoms with Crippen molar-refractivity contribution in [2.45, 2.75) is 41.0 Å². The molecule has 0 saturated carbocycles. The second-order valence-electron chi connectivity index (χ2n) is 6.54. The second kappa shape index (κ2) is 6.60. The summed E-state index contributed by atoms with van der Waals surface area (Å²) in [5.41, 5.74) is 5.89. The highest BCUT2D eigenvalue weighted by molar-refractivity contribution is 5.50. The first-order valence-corrected chi connectivity index (χ1v) is 7.06. The second-order valence-corrected chi connectivity index (χ2v) is 6.54. The maximum absolute atomic E-state index is 4.14. The predicted molar refractivity (Wildman–Crippen MR) is 90.9 cm³/mol. The molecule has 0 radical (unpaired) electrons. The topological polar surface area (TPSA) is 12.0 Å². The smallest absolute Gasteiger partial charge is 0.0384 e. The number of allylic oxidation sites excluding steroid dienone is 3. The molecule has 0 fully saturated rings. The van der Waals surface area contributed by atoms with Crippen LogP contribution in [0.1, 0.15) is 39.7 Å². The zero-order valence-corrected chi connectivity index (χ0v) is 13.5. The van der Waals surface area contributed by atoms with Crippen LogP contribution < -0.4 is 5.32 Å². The highest BCUT2D eigenvalue weighted by atomic mass is 14.9. The molecule has 0 amide bonds. The minimum Gasteiger partial charge on any atom is -0.359 e. The molecule has 0 aliphatic carbocycles. The third kappa shape index (κ3) is 5.48. The van der Waals surface area contributed by atoms with Crippen molar-refractivity contribution in [1.29, 1.82) is 0 Å². The summed E-state index contributed by atoms with van der Waals surface area (Å²) in [7, 11) is 0. The van der Waals surface area contributed by atoms with E-state index in [4.69, 9.17) is 0 Å². The largest absolute Gasteiger partial charge is 0.359 e. The Morgan fingerprint density at radius 1 is 1.25 bits per heavy atom. The summed E-state index contributed by atoms with van der Waals surface area (Å²) >= 11 is 0. The van der Waals surface area contributed by atoms with Crippen LogP contribution in [-0.2, 0) is 0 Å². The molecule has 0 aromatic heterocycles. The van der Waals surface area contributed by atoms with E-state index in [1.165, 1.54) is 11.1 Å². The zero-order valence-electron chi connectivity index (χ0n) is 13.5. The van der Waals surface area contributed by atoms with Crippen LogP contribution in [0.5, 0.6) is 0 Å². The van der Waals surface area contributed by atoms with E-state index in [0.717, 1.165) is 23.4 Å². The number of hydrogen-bond acceptors (Lipinski definition) is 1. The van der Waals surface area contributed by atoms with Crippen molar-refractivity contribution >= 4 is 5.69 Å². The van der Waals surface area contributed by atoms with Gasteiger partial charge in [0.25, 0.3) is 0 Å². The molecule has 1 rings (SSSR count). The maximum Gasteiger partial charge on any atom is 0.0384 e. The van der Waals surface area contributed by atoms with Gasteiger partial charge in [0.2, 0.25) is 0 Å². The van der Waals surface area contributed by atoms with E-state index in [1.54, 1.807) is 0 Å². The van der Waals surface area contributed by atoms with Gasteiger partial charge in [-0.25, -0.2) is 0 Å². The van der Waals surface area contributed by atoms with Gasteiger partial charge in [0, 0.05) is 17.8 Å². The van der Waals surface area contributed by atoms with E-state index in [2.05, 4.69) is 83.4 Å². The van der Waals surface area contributed by atoms with Gasteiger partial charge in [-0.1, -0.05) is 57.7 Å². The Balaban J connectivity index is 2.63. The highest BCUT2D eigenvalue weighted by Gasteiger charge is 2.12. The Labute approximate surface area is 124 Å². The zero-order chi connectivity index (χ0) is 15.3. The molecule has 0 saturated heterocycles. The fourth-order valence-electron chi connectivity index (χ4n) is 1.87. The highest BCUT2D eigenvalue weighted by Crippen LogP contribution is 2.26. The summed E-state index contributed by atoms with van der Waals surface area (Å²) in [6.45, 7) is 19.0. The van der Waals surface area contributed by atoms with E-state index < -0.39 is 0 Å². The van der Waals surface area contributed by atoms with Crippen molar-refractivity contribution in [2.75, 3.05) is 5.32 Å². The van der Waals surface area contributed by atoms with Crippen LogP contribution in [0, 0.1) is 12.3 Å². The standard InChI is InChI=1S/C19H27N/c1-14-9-8-10-18(13-14)20-17(4)12-15(2)11-16(3)19(5,6)7/h8-11,13,20H,3-4,12H2,1-2,5-7H3/b15-11+. The van der Waals surface area contributed by atoms with Crippen LogP contribution in [0.3, 0.4) is 0 Å². The van der Waals surface area contributed by atoms with Crippen molar-refractivity contribution < 1.29 is 0 Å². The summed E-state index contributed by atoms with van der Waals surface area (Å²) in [4.78, 5) is 0. The van der Waals surface area contributed by atoms with Gasteiger partial charge in [0.15, 0.2) is 0 Å².